The Balaban J connectivity index is 3.13. The largest absolute Gasteiger partial charge is 0.456 e. The number of hydrogen-bond donors (Lipinski definition) is 0. The smallest absolute Gasteiger partial charge is 0.384 e. The van der Waals surface area contributed by atoms with E-state index in [4.69, 9.17) is 0 Å². The van der Waals surface area contributed by atoms with E-state index in [2.05, 4.69) is 16.6 Å². The Morgan fingerprint density at radius 2 is 2.24 bits per heavy atom. The van der Waals surface area contributed by atoms with Gasteiger partial charge in [-0.2, -0.15) is 0 Å². The van der Waals surface area contributed by atoms with Crippen LogP contribution in [0.1, 0.15) is 18.1 Å². The van der Waals surface area contributed by atoms with Crippen LogP contribution in [0.4, 0.5) is 5.69 Å². The Morgan fingerprint density at radius 1 is 1.53 bits per heavy atom. The number of esters is 1. The molecule has 0 fully saturated rings. The number of benzene rings is 1. The first-order chi connectivity index (χ1) is 8.06. The van der Waals surface area contributed by atoms with Gasteiger partial charge in [0.2, 0.25) is 0 Å². The second kappa shape index (κ2) is 5.66. The van der Waals surface area contributed by atoms with Crippen LogP contribution in [0.3, 0.4) is 0 Å². The van der Waals surface area contributed by atoms with Crippen molar-refractivity contribution in [3.05, 3.63) is 39.4 Å². The highest BCUT2D eigenvalue weighted by Gasteiger charge is 2.13. The third kappa shape index (κ3) is 3.31. The summed E-state index contributed by atoms with van der Waals surface area (Å²) < 4.78 is 4.62. The van der Waals surface area contributed by atoms with Crippen LogP contribution >= 0.6 is 0 Å². The predicted molar refractivity (Wildman–Crippen MR) is 61.3 cm³/mol. The molecule has 0 aliphatic heterocycles. The molecule has 0 spiro atoms. The van der Waals surface area contributed by atoms with E-state index in [0.29, 0.717) is 5.56 Å². The molecule has 0 N–H and O–H groups in total. The van der Waals surface area contributed by atoms with Gasteiger partial charge in [-0.3, -0.25) is 10.1 Å². The summed E-state index contributed by atoms with van der Waals surface area (Å²) in [5, 5.41) is 10.8. The molecule has 0 saturated heterocycles. The number of ether oxygens (including phenoxy) is 1. The fourth-order valence-corrected chi connectivity index (χ4v) is 1.25. The maximum atomic E-state index is 11.0. The summed E-state index contributed by atoms with van der Waals surface area (Å²) >= 11 is 0. The van der Waals surface area contributed by atoms with Gasteiger partial charge in [-0.25, -0.2) is 4.79 Å². The van der Waals surface area contributed by atoms with Crippen LogP contribution in [0.15, 0.2) is 18.2 Å². The van der Waals surface area contributed by atoms with Gasteiger partial charge in [-0.1, -0.05) is 12.1 Å². The Labute approximate surface area is 98.5 Å². The lowest BCUT2D eigenvalue weighted by atomic mass is 10.1. The van der Waals surface area contributed by atoms with Gasteiger partial charge in [-0.05, 0) is 25.3 Å². The van der Waals surface area contributed by atoms with Crippen molar-refractivity contribution in [1.82, 2.24) is 0 Å². The maximum absolute atomic E-state index is 11.0. The maximum Gasteiger partial charge on any atom is 0.384 e. The van der Waals surface area contributed by atoms with E-state index in [0.717, 1.165) is 0 Å². The third-order valence-corrected chi connectivity index (χ3v) is 2.01. The molecule has 0 saturated carbocycles. The van der Waals surface area contributed by atoms with Crippen LogP contribution in [-0.2, 0) is 9.53 Å². The van der Waals surface area contributed by atoms with Crippen LogP contribution in [0.5, 0.6) is 0 Å². The standard InChI is InChI=1S/C12H11NO4/c1-3-17-12(14)8-7-10-9(2)5-4-6-11(10)13(15)16/h4-6H,3H2,1-2H3. The van der Waals surface area contributed by atoms with Gasteiger partial charge in [0, 0.05) is 12.0 Å². The molecule has 1 rings (SSSR count). The van der Waals surface area contributed by atoms with Crippen molar-refractivity contribution in [3.8, 4) is 11.8 Å². The molecule has 1 aromatic carbocycles. The molecule has 1 aromatic rings. The summed E-state index contributed by atoms with van der Waals surface area (Å²) in [4.78, 5) is 21.3. The highest BCUT2D eigenvalue weighted by molar-refractivity contribution is 5.89. The van der Waals surface area contributed by atoms with E-state index in [1.165, 1.54) is 6.07 Å². The number of rotatable bonds is 2. The lowest BCUT2D eigenvalue weighted by molar-refractivity contribution is -0.385. The van der Waals surface area contributed by atoms with Crippen molar-refractivity contribution >= 4 is 11.7 Å². The minimum atomic E-state index is -0.690. The first-order valence-electron chi connectivity index (χ1n) is 4.99. The number of nitro benzene ring substituents is 1. The minimum absolute atomic E-state index is 0.109. The summed E-state index contributed by atoms with van der Waals surface area (Å²) in [6.07, 6.45) is 0. The van der Waals surface area contributed by atoms with Gasteiger partial charge in [-0.15, -0.1) is 0 Å². The minimum Gasteiger partial charge on any atom is -0.456 e. The molecule has 0 unspecified atom stereocenters. The second-order valence-electron chi connectivity index (χ2n) is 3.20. The van der Waals surface area contributed by atoms with Gasteiger partial charge in [0.25, 0.3) is 5.69 Å². The monoisotopic (exact) mass is 233 g/mol. The fraction of sp³-hybridized carbons (Fsp3) is 0.250. The van der Waals surface area contributed by atoms with E-state index in [9.17, 15) is 14.9 Å². The number of nitrogens with zero attached hydrogens (tertiary/aromatic N) is 1. The topological polar surface area (TPSA) is 69.4 Å². The first-order valence-corrected chi connectivity index (χ1v) is 4.99. The average molecular weight is 233 g/mol. The quantitative estimate of drug-likeness (QED) is 0.338. The molecule has 88 valence electrons. The molecule has 0 heterocycles. The molecule has 0 atom stereocenters. The molecular formula is C12H11NO4. The van der Waals surface area contributed by atoms with Crippen LogP contribution in [0.25, 0.3) is 0 Å². The van der Waals surface area contributed by atoms with Crippen molar-refractivity contribution in [2.45, 2.75) is 13.8 Å². The van der Waals surface area contributed by atoms with Crippen LogP contribution < -0.4 is 0 Å². The van der Waals surface area contributed by atoms with Gasteiger partial charge in [0.1, 0.15) is 5.56 Å². The second-order valence-corrected chi connectivity index (χ2v) is 3.20. The Kier molecular flexibility index (Phi) is 4.23. The fourth-order valence-electron chi connectivity index (χ4n) is 1.25. The Morgan fingerprint density at radius 3 is 2.82 bits per heavy atom. The SMILES string of the molecule is CCOC(=O)C#Cc1c(C)cccc1[N+](=O)[O-]. The van der Waals surface area contributed by atoms with Gasteiger partial charge >= 0.3 is 5.97 Å². The van der Waals surface area contributed by atoms with Gasteiger partial charge in [0.15, 0.2) is 0 Å². The highest BCUT2D eigenvalue weighted by Crippen LogP contribution is 2.20. The molecule has 17 heavy (non-hydrogen) atoms. The van der Waals surface area contributed by atoms with Crippen LogP contribution in [0, 0.1) is 28.9 Å². The summed E-state index contributed by atoms with van der Waals surface area (Å²) in [6.45, 7) is 3.58. The summed E-state index contributed by atoms with van der Waals surface area (Å²) in [6, 6.07) is 4.62. The highest BCUT2D eigenvalue weighted by atomic mass is 16.6. The number of hydrogen-bond acceptors (Lipinski definition) is 4. The van der Waals surface area contributed by atoms with E-state index in [-0.39, 0.29) is 17.9 Å². The number of carbonyl (C=O) groups excluding carboxylic acids is 1. The summed E-state index contributed by atoms with van der Waals surface area (Å²) in [5.74, 6) is 4.01. The Hall–Kier alpha value is -2.35. The molecule has 0 amide bonds. The molecule has 5 nitrogen and oxygen atoms in total. The summed E-state index contributed by atoms with van der Waals surface area (Å²) in [7, 11) is 0. The molecule has 5 heteroatoms. The molecule has 0 aromatic heterocycles. The summed E-state index contributed by atoms with van der Waals surface area (Å²) in [5.41, 5.74) is 0.781. The molecular weight excluding hydrogens is 222 g/mol. The lowest BCUT2D eigenvalue weighted by Crippen LogP contribution is -2.00. The zero-order valence-electron chi connectivity index (χ0n) is 9.52. The first kappa shape index (κ1) is 12.7. The van der Waals surface area contributed by atoms with Gasteiger partial charge < -0.3 is 4.74 Å². The van der Waals surface area contributed by atoms with Crippen molar-refractivity contribution in [3.63, 3.8) is 0 Å². The predicted octanol–water partition coefficient (Wildman–Crippen LogP) is 1.82. The normalized spacial score (nSPS) is 9.06. The van der Waals surface area contributed by atoms with Crippen molar-refractivity contribution < 1.29 is 14.5 Å². The van der Waals surface area contributed by atoms with Crippen molar-refractivity contribution in [2.75, 3.05) is 6.61 Å². The third-order valence-electron chi connectivity index (χ3n) is 2.01. The average Bonchev–Trinajstić information content (AvgIpc) is 2.27. The Bertz CT molecular complexity index is 511. The van der Waals surface area contributed by atoms with E-state index in [1.807, 2.05) is 0 Å². The molecule has 0 aliphatic carbocycles. The number of nitro groups is 1. The molecule has 0 bridgehead atoms. The zero-order valence-corrected chi connectivity index (χ0v) is 9.52. The van der Waals surface area contributed by atoms with Crippen molar-refractivity contribution in [1.29, 1.82) is 0 Å². The van der Waals surface area contributed by atoms with Crippen LogP contribution in [-0.4, -0.2) is 17.5 Å². The number of carbonyl (C=O) groups is 1. The van der Waals surface area contributed by atoms with E-state index in [1.54, 1.807) is 26.0 Å². The van der Waals surface area contributed by atoms with E-state index < -0.39 is 10.9 Å². The van der Waals surface area contributed by atoms with Crippen molar-refractivity contribution in [2.24, 2.45) is 0 Å². The van der Waals surface area contributed by atoms with E-state index >= 15 is 0 Å². The molecule has 0 aliphatic rings. The molecule has 0 radical (unpaired) electrons. The number of aryl methyl sites for hydroxylation is 1. The van der Waals surface area contributed by atoms with Crippen LogP contribution in [0.2, 0.25) is 0 Å². The lowest BCUT2D eigenvalue weighted by Gasteiger charge is -1.98. The zero-order chi connectivity index (χ0) is 12.8. The van der Waals surface area contributed by atoms with Gasteiger partial charge in [0.05, 0.1) is 11.5 Å².